The van der Waals surface area contributed by atoms with Gasteiger partial charge in [-0.05, 0) is 37.8 Å². The van der Waals surface area contributed by atoms with Crippen LogP contribution in [-0.4, -0.2) is 25.5 Å². The maximum absolute atomic E-state index is 12.1. The van der Waals surface area contributed by atoms with Crippen LogP contribution in [0, 0.1) is 0 Å². The summed E-state index contributed by atoms with van der Waals surface area (Å²) >= 11 is 0. The predicted molar refractivity (Wildman–Crippen MR) is 64.2 cm³/mol. The lowest BCUT2D eigenvalue weighted by Crippen LogP contribution is -2.27. The van der Waals surface area contributed by atoms with Gasteiger partial charge in [-0.1, -0.05) is 0 Å². The van der Waals surface area contributed by atoms with Crippen LogP contribution in [0.25, 0.3) is 0 Å². The summed E-state index contributed by atoms with van der Waals surface area (Å²) in [5.74, 6) is 0.475. The van der Waals surface area contributed by atoms with Crippen molar-refractivity contribution in [3.63, 3.8) is 0 Å². The lowest BCUT2D eigenvalue weighted by Gasteiger charge is -2.11. The van der Waals surface area contributed by atoms with Gasteiger partial charge >= 0.3 is 0 Å². The highest BCUT2D eigenvalue weighted by Gasteiger charge is 2.31. The second-order valence-electron chi connectivity index (χ2n) is 4.66. The first kappa shape index (κ1) is 11.0. The van der Waals surface area contributed by atoms with Crippen molar-refractivity contribution in [1.82, 2.24) is 9.71 Å². The van der Waals surface area contributed by atoms with E-state index >= 15 is 0 Å². The highest BCUT2D eigenvalue weighted by Crippen LogP contribution is 2.28. The predicted octanol–water partition coefficient (Wildman–Crippen LogP) is 1.10. The van der Waals surface area contributed by atoms with Crippen LogP contribution in [0.4, 0.5) is 5.82 Å². The Labute approximate surface area is 101 Å². The van der Waals surface area contributed by atoms with E-state index in [1.165, 1.54) is 0 Å². The van der Waals surface area contributed by atoms with E-state index in [-0.39, 0.29) is 10.9 Å². The number of hydrogen-bond acceptors (Lipinski definition) is 4. The van der Waals surface area contributed by atoms with Gasteiger partial charge < -0.3 is 5.32 Å². The molecule has 5 nitrogen and oxygen atoms in total. The van der Waals surface area contributed by atoms with Crippen LogP contribution < -0.4 is 10.0 Å². The number of hydrogen-bond donors (Lipinski definition) is 2. The van der Waals surface area contributed by atoms with Crippen LogP contribution in [0.1, 0.15) is 25.7 Å². The van der Waals surface area contributed by atoms with Crippen molar-refractivity contribution in [2.45, 2.75) is 42.7 Å². The van der Waals surface area contributed by atoms with Gasteiger partial charge in [-0.15, -0.1) is 0 Å². The first-order valence-electron chi connectivity index (χ1n) is 5.89. The largest absolute Gasteiger partial charge is 0.366 e. The molecule has 2 fully saturated rings. The summed E-state index contributed by atoms with van der Waals surface area (Å²) < 4.78 is 26.9. The molecular formula is C11H15N3O2S. The van der Waals surface area contributed by atoms with Gasteiger partial charge in [0.25, 0.3) is 0 Å². The molecule has 0 saturated heterocycles. The molecule has 2 aliphatic rings. The fourth-order valence-corrected chi connectivity index (χ4v) is 3.05. The fourth-order valence-electron chi connectivity index (χ4n) is 1.62. The zero-order valence-corrected chi connectivity index (χ0v) is 10.2. The Balaban J connectivity index is 1.88. The van der Waals surface area contributed by atoms with Crippen LogP contribution in [0.5, 0.6) is 0 Å². The van der Waals surface area contributed by atoms with E-state index in [1.807, 2.05) is 0 Å². The summed E-state index contributed by atoms with van der Waals surface area (Å²) in [6.45, 7) is 0. The van der Waals surface area contributed by atoms with Crippen molar-refractivity contribution < 1.29 is 8.42 Å². The molecule has 6 heteroatoms. The van der Waals surface area contributed by atoms with E-state index in [2.05, 4.69) is 15.0 Å². The van der Waals surface area contributed by atoms with Crippen molar-refractivity contribution >= 4 is 15.8 Å². The van der Waals surface area contributed by atoms with Gasteiger partial charge in [0.05, 0.1) is 0 Å². The first-order chi connectivity index (χ1) is 8.15. The molecule has 2 aliphatic carbocycles. The maximum Gasteiger partial charge on any atom is 0.244 e. The van der Waals surface area contributed by atoms with E-state index in [0.717, 1.165) is 25.7 Å². The number of anilines is 1. The van der Waals surface area contributed by atoms with Crippen LogP contribution in [0.2, 0.25) is 0 Å². The summed E-state index contributed by atoms with van der Waals surface area (Å²) in [5, 5.41) is 3.15. The number of pyridine rings is 1. The van der Waals surface area contributed by atoms with E-state index in [4.69, 9.17) is 0 Å². The Morgan fingerprint density at radius 2 is 1.88 bits per heavy atom. The second-order valence-corrected chi connectivity index (χ2v) is 6.35. The van der Waals surface area contributed by atoms with Gasteiger partial charge in [-0.25, -0.2) is 18.1 Å². The van der Waals surface area contributed by atoms with E-state index < -0.39 is 10.0 Å². The van der Waals surface area contributed by atoms with Gasteiger partial charge in [-0.2, -0.15) is 0 Å². The normalized spacial score (nSPS) is 20.2. The molecule has 2 N–H and O–H groups in total. The second kappa shape index (κ2) is 3.96. The van der Waals surface area contributed by atoms with Gasteiger partial charge in [0, 0.05) is 18.3 Å². The monoisotopic (exact) mass is 253 g/mol. The Bertz CT molecular complexity index is 521. The minimum Gasteiger partial charge on any atom is -0.366 e. The number of nitrogens with zero attached hydrogens (tertiary/aromatic N) is 1. The zero-order valence-electron chi connectivity index (χ0n) is 9.39. The molecule has 0 radical (unpaired) electrons. The van der Waals surface area contributed by atoms with Gasteiger partial charge in [0.2, 0.25) is 10.0 Å². The summed E-state index contributed by atoms with van der Waals surface area (Å²) in [4.78, 5) is 4.39. The molecular weight excluding hydrogens is 238 g/mol. The first-order valence-corrected chi connectivity index (χ1v) is 7.37. The van der Waals surface area contributed by atoms with Gasteiger partial charge in [0.15, 0.2) is 0 Å². The Morgan fingerprint density at radius 1 is 1.18 bits per heavy atom. The third kappa shape index (κ3) is 2.58. The van der Waals surface area contributed by atoms with Crippen molar-refractivity contribution in [1.29, 1.82) is 0 Å². The van der Waals surface area contributed by atoms with E-state index in [1.54, 1.807) is 18.3 Å². The molecule has 0 unspecified atom stereocenters. The minimum atomic E-state index is -3.42. The molecule has 1 heterocycles. The number of aromatic nitrogens is 1. The highest BCUT2D eigenvalue weighted by molar-refractivity contribution is 7.89. The molecule has 0 aromatic carbocycles. The molecule has 1 aromatic heterocycles. The summed E-state index contributed by atoms with van der Waals surface area (Å²) in [5.41, 5.74) is 0. The molecule has 0 bridgehead atoms. The summed E-state index contributed by atoms with van der Waals surface area (Å²) in [7, 11) is -3.42. The van der Waals surface area contributed by atoms with E-state index in [9.17, 15) is 8.42 Å². The smallest absolute Gasteiger partial charge is 0.244 e. The standard InChI is InChI=1S/C11H15N3O2S/c15-17(16,14-9-5-6-9)10-2-1-7-12-11(10)13-8-3-4-8/h1-2,7-9,14H,3-6H2,(H,12,13). The number of rotatable bonds is 5. The van der Waals surface area contributed by atoms with Crippen molar-refractivity contribution in [3.05, 3.63) is 18.3 Å². The minimum absolute atomic E-state index is 0.119. The molecule has 1 aromatic rings. The SMILES string of the molecule is O=S(=O)(NC1CC1)c1cccnc1NC1CC1. The molecule has 0 spiro atoms. The summed E-state index contributed by atoms with van der Waals surface area (Å²) in [6.07, 6.45) is 5.66. The average molecular weight is 253 g/mol. The molecule has 3 rings (SSSR count). The number of nitrogens with one attached hydrogen (secondary N) is 2. The third-order valence-electron chi connectivity index (χ3n) is 2.88. The Hall–Kier alpha value is -1.14. The van der Waals surface area contributed by atoms with Gasteiger partial charge in [0.1, 0.15) is 10.7 Å². The summed E-state index contributed by atoms with van der Waals surface area (Å²) in [6, 6.07) is 3.76. The molecule has 2 saturated carbocycles. The average Bonchev–Trinajstić information content (AvgIpc) is 3.15. The lowest BCUT2D eigenvalue weighted by molar-refractivity contribution is 0.581. The molecule has 0 aliphatic heterocycles. The molecule has 92 valence electrons. The van der Waals surface area contributed by atoms with Crippen LogP contribution in [-0.2, 0) is 10.0 Å². The van der Waals surface area contributed by atoms with Crippen molar-refractivity contribution in [2.24, 2.45) is 0 Å². The fraction of sp³-hybridized carbons (Fsp3) is 0.545. The van der Waals surface area contributed by atoms with Crippen molar-refractivity contribution in [2.75, 3.05) is 5.32 Å². The quantitative estimate of drug-likeness (QED) is 0.824. The molecule has 17 heavy (non-hydrogen) atoms. The highest BCUT2D eigenvalue weighted by atomic mass is 32.2. The molecule has 0 atom stereocenters. The Morgan fingerprint density at radius 3 is 2.53 bits per heavy atom. The third-order valence-corrected chi connectivity index (χ3v) is 4.43. The zero-order chi connectivity index (χ0) is 11.9. The topological polar surface area (TPSA) is 71.1 Å². The van der Waals surface area contributed by atoms with Crippen molar-refractivity contribution in [3.8, 4) is 0 Å². The van der Waals surface area contributed by atoms with Crippen LogP contribution in [0.15, 0.2) is 23.2 Å². The lowest BCUT2D eigenvalue weighted by atomic mass is 10.4. The molecule has 0 amide bonds. The van der Waals surface area contributed by atoms with Crippen LogP contribution in [0.3, 0.4) is 0 Å². The van der Waals surface area contributed by atoms with Gasteiger partial charge in [-0.3, -0.25) is 0 Å². The Kier molecular flexibility index (Phi) is 2.56. The maximum atomic E-state index is 12.1. The van der Waals surface area contributed by atoms with Crippen LogP contribution >= 0.6 is 0 Å². The number of sulfonamides is 1. The van der Waals surface area contributed by atoms with E-state index in [0.29, 0.717) is 11.9 Å².